The van der Waals surface area contributed by atoms with Gasteiger partial charge < -0.3 is 4.74 Å². The summed E-state index contributed by atoms with van der Waals surface area (Å²) in [5, 5.41) is 0. The molecule has 0 atom stereocenters. The normalized spacial score (nSPS) is 11.3. The van der Waals surface area contributed by atoms with Crippen molar-refractivity contribution >= 4 is 9.84 Å². The smallest absolute Gasteiger partial charge is 0.216 e. The third kappa shape index (κ3) is 3.75. The Hall–Kier alpha value is -1.95. The van der Waals surface area contributed by atoms with E-state index in [1.54, 1.807) is 0 Å². The van der Waals surface area contributed by atoms with Crippen LogP contribution in [0.4, 0.5) is 0 Å². The largest absolute Gasteiger partial charge is 0.481 e. The second-order valence-electron chi connectivity index (χ2n) is 4.16. The van der Waals surface area contributed by atoms with E-state index in [9.17, 15) is 8.42 Å². The van der Waals surface area contributed by atoms with Crippen LogP contribution in [0.5, 0.6) is 5.88 Å². The molecular formula is C13H14N2O3S. The standard InChI is InChI=1S/C13H14N2O3S/c1-18-12-8-11(9-19(2,16)17)14-13(15-12)10-6-4-3-5-7-10/h3-8H,9H2,1-2H3. The monoisotopic (exact) mass is 278 g/mol. The molecule has 0 aliphatic carbocycles. The van der Waals surface area contributed by atoms with Crippen molar-refractivity contribution in [1.82, 2.24) is 9.97 Å². The fraction of sp³-hybridized carbons (Fsp3) is 0.231. The quantitative estimate of drug-likeness (QED) is 0.851. The van der Waals surface area contributed by atoms with Gasteiger partial charge in [-0.05, 0) is 0 Å². The lowest BCUT2D eigenvalue weighted by molar-refractivity contribution is 0.397. The number of hydrogen-bond donors (Lipinski definition) is 0. The van der Waals surface area contributed by atoms with E-state index in [0.29, 0.717) is 17.4 Å². The summed E-state index contributed by atoms with van der Waals surface area (Å²) >= 11 is 0. The molecule has 5 nitrogen and oxygen atoms in total. The number of hydrogen-bond acceptors (Lipinski definition) is 5. The van der Waals surface area contributed by atoms with Crippen LogP contribution >= 0.6 is 0 Å². The van der Waals surface area contributed by atoms with E-state index in [1.165, 1.54) is 19.4 Å². The molecule has 0 saturated carbocycles. The predicted octanol–water partition coefficient (Wildman–Crippen LogP) is 1.70. The van der Waals surface area contributed by atoms with Crippen LogP contribution in [0.1, 0.15) is 5.69 Å². The van der Waals surface area contributed by atoms with Gasteiger partial charge in [0.15, 0.2) is 15.7 Å². The van der Waals surface area contributed by atoms with Gasteiger partial charge >= 0.3 is 0 Å². The molecule has 0 spiro atoms. The average molecular weight is 278 g/mol. The SMILES string of the molecule is COc1cc(CS(C)(=O)=O)nc(-c2ccccc2)n1. The van der Waals surface area contributed by atoms with Gasteiger partial charge in [-0.1, -0.05) is 30.3 Å². The number of ether oxygens (including phenoxy) is 1. The average Bonchev–Trinajstić information content (AvgIpc) is 2.37. The zero-order valence-electron chi connectivity index (χ0n) is 10.7. The van der Waals surface area contributed by atoms with E-state index in [0.717, 1.165) is 5.56 Å². The van der Waals surface area contributed by atoms with Crippen molar-refractivity contribution in [2.24, 2.45) is 0 Å². The van der Waals surface area contributed by atoms with Crippen molar-refractivity contribution in [2.75, 3.05) is 13.4 Å². The third-order valence-corrected chi connectivity index (χ3v) is 3.23. The van der Waals surface area contributed by atoms with Crippen molar-refractivity contribution in [3.63, 3.8) is 0 Å². The van der Waals surface area contributed by atoms with Crippen LogP contribution in [0.2, 0.25) is 0 Å². The predicted molar refractivity (Wildman–Crippen MR) is 72.6 cm³/mol. The highest BCUT2D eigenvalue weighted by Gasteiger charge is 2.11. The molecule has 1 aromatic heterocycles. The second-order valence-corrected chi connectivity index (χ2v) is 6.30. The van der Waals surface area contributed by atoms with Crippen LogP contribution < -0.4 is 4.74 Å². The summed E-state index contributed by atoms with van der Waals surface area (Å²) in [5.74, 6) is 0.678. The molecule has 0 radical (unpaired) electrons. The van der Waals surface area contributed by atoms with Crippen LogP contribution in [-0.4, -0.2) is 31.8 Å². The summed E-state index contributed by atoms with van der Waals surface area (Å²) in [5.41, 5.74) is 1.24. The van der Waals surface area contributed by atoms with Crippen molar-refractivity contribution in [3.05, 3.63) is 42.1 Å². The van der Waals surface area contributed by atoms with Crippen LogP contribution in [0.25, 0.3) is 11.4 Å². The molecule has 19 heavy (non-hydrogen) atoms. The summed E-state index contributed by atoms with van der Waals surface area (Å²) in [6, 6.07) is 10.9. The summed E-state index contributed by atoms with van der Waals surface area (Å²) in [7, 11) is -1.66. The van der Waals surface area contributed by atoms with E-state index in [4.69, 9.17) is 4.74 Å². The lowest BCUT2D eigenvalue weighted by Gasteiger charge is -2.06. The Morgan fingerprint density at radius 2 is 1.84 bits per heavy atom. The van der Waals surface area contributed by atoms with Crippen molar-refractivity contribution < 1.29 is 13.2 Å². The summed E-state index contributed by atoms with van der Waals surface area (Å²) in [6.45, 7) is 0. The van der Waals surface area contributed by atoms with Gasteiger partial charge in [0.05, 0.1) is 18.6 Å². The molecule has 100 valence electrons. The van der Waals surface area contributed by atoms with Gasteiger partial charge in [-0.25, -0.2) is 13.4 Å². The molecule has 1 heterocycles. The Morgan fingerprint density at radius 1 is 1.16 bits per heavy atom. The molecule has 0 aliphatic rings. The fourth-order valence-corrected chi connectivity index (χ4v) is 2.32. The number of sulfone groups is 1. The first kappa shape index (κ1) is 13.5. The first-order chi connectivity index (χ1) is 8.98. The number of rotatable bonds is 4. The lowest BCUT2D eigenvalue weighted by Crippen LogP contribution is -2.05. The molecule has 0 N–H and O–H groups in total. The second kappa shape index (κ2) is 5.36. The minimum absolute atomic E-state index is 0.133. The van der Waals surface area contributed by atoms with Gasteiger partial charge in [0, 0.05) is 17.9 Å². The Labute approximate surface area is 112 Å². The van der Waals surface area contributed by atoms with Crippen LogP contribution in [-0.2, 0) is 15.6 Å². The van der Waals surface area contributed by atoms with E-state index in [-0.39, 0.29) is 5.75 Å². The van der Waals surface area contributed by atoms with E-state index in [2.05, 4.69) is 9.97 Å². The Balaban J connectivity index is 2.48. The van der Waals surface area contributed by atoms with Gasteiger partial charge in [-0.15, -0.1) is 0 Å². The van der Waals surface area contributed by atoms with Crippen molar-refractivity contribution in [3.8, 4) is 17.3 Å². The molecule has 0 amide bonds. The van der Waals surface area contributed by atoms with Gasteiger partial charge in [0.25, 0.3) is 0 Å². The molecule has 2 aromatic rings. The maximum Gasteiger partial charge on any atom is 0.216 e. The highest BCUT2D eigenvalue weighted by molar-refractivity contribution is 7.89. The van der Waals surface area contributed by atoms with Gasteiger partial charge in [0.1, 0.15) is 0 Å². The zero-order valence-corrected chi connectivity index (χ0v) is 11.5. The fourth-order valence-electron chi connectivity index (χ4n) is 1.64. The minimum Gasteiger partial charge on any atom is -0.481 e. The van der Waals surface area contributed by atoms with Crippen LogP contribution in [0, 0.1) is 0 Å². The van der Waals surface area contributed by atoms with Crippen molar-refractivity contribution in [1.29, 1.82) is 0 Å². The molecule has 0 saturated heterocycles. The van der Waals surface area contributed by atoms with E-state index >= 15 is 0 Å². The molecule has 0 unspecified atom stereocenters. The Morgan fingerprint density at radius 3 is 2.42 bits per heavy atom. The summed E-state index contributed by atoms with van der Waals surface area (Å²) in [6.07, 6.45) is 1.17. The molecule has 6 heteroatoms. The van der Waals surface area contributed by atoms with Gasteiger partial charge in [0.2, 0.25) is 5.88 Å². The summed E-state index contributed by atoms with van der Waals surface area (Å²) in [4.78, 5) is 8.49. The first-order valence-corrected chi connectivity index (χ1v) is 7.69. The van der Waals surface area contributed by atoms with Crippen LogP contribution in [0.3, 0.4) is 0 Å². The Bertz CT molecular complexity index is 670. The topological polar surface area (TPSA) is 69.2 Å². The number of methoxy groups -OCH3 is 1. The minimum atomic E-state index is -3.15. The molecule has 2 rings (SSSR count). The molecule has 1 aromatic carbocycles. The van der Waals surface area contributed by atoms with E-state index < -0.39 is 9.84 Å². The van der Waals surface area contributed by atoms with Crippen molar-refractivity contribution in [2.45, 2.75) is 5.75 Å². The van der Waals surface area contributed by atoms with Gasteiger partial charge in [-0.2, -0.15) is 4.98 Å². The number of aromatic nitrogens is 2. The highest BCUT2D eigenvalue weighted by Crippen LogP contribution is 2.19. The molecular weight excluding hydrogens is 264 g/mol. The van der Waals surface area contributed by atoms with Gasteiger partial charge in [-0.3, -0.25) is 0 Å². The molecule has 0 fully saturated rings. The lowest BCUT2D eigenvalue weighted by atomic mass is 10.2. The number of benzene rings is 1. The zero-order chi connectivity index (χ0) is 13.9. The Kier molecular flexibility index (Phi) is 3.80. The van der Waals surface area contributed by atoms with E-state index in [1.807, 2.05) is 30.3 Å². The summed E-state index contributed by atoms with van der Waals surface area (Å²) < 4.78 is 27.8. The number of nitrogens with zero attached hydrogens (tertiary/aromatic N) is 2. The van der Waals surface area contributed by atoms with Crippen LogP contribution in [0.15, 0.2) is 36.4 Å². The third-order valence-electron chi connectivity index (χ3n) is 2.41. The molecule has 0 aliphatic heterocycles. The maximum atomic E-state index is 11.3. The highest BCUT2D eigenvalue weighted by atomic mass is 32.2. The molecule has 0 bridgehead atoms. The maximum absolute atomic E-state index is 11.3. The first-order valence-electron chi connectivity index (χ1n) is 5.63.